The Morgan fingerprint density at radius 3 is 2.42 bits per heavy atom. The second-order valence-corrected chi connectivity index (χ2v) is 4.02. The fraction of sp³-hybridized carbons (Fsp3) is 1.00. The Kier molecular flexibility index (Phi) is 2.07. The molecule has 1 saturated heterocycles. The standard InChI is InChI=1S/C9H15F2N/c10-9(11)6-12-5-4-8(9)7-2-1-3-7/h7-8,12H,1-6H2. The maximum Gasteiger partial charge on any atom is 0.263 e. The number of halogens is 2. The number of rotatable bonds is 1. The van der Waals surface area contributed by atoms with Crippen molar-refractivity contribution in [3.8, 4) is 0 Å². The molecule has 0 aromatic heterocycles. The molecular formula is C9H15F2N. The van der Waals surface area contributed by atoms with Crippen LogP contribution in [0.3, 0.4) is 0 Å². The average molecular weight is 175 g/mol. The van der Waals surface area contributed by atoms with Gasteiger partial charge in [0.05, 0.1) is 6.54 Å². The zero-order valence-corrected chi connectivity index (χ0v) is 7.15. The minimum Gasteiger partial charge on any atom is -0.311 e. The fourth-order valence-electron chi connectivity index (χ4n) is 2.28. The van der Waals surface area contributed by atoms with Crippen LogP contribution >= 0.6 is 0 Å². The van der Waals surface area contributed by atoms with E-state index in [2.05, 4.69) is 5.32 Å². The monoisotopic (exact) mass is 175 g/mol. The summed E-state index contributed by atoms with van der Waals surface area (Å²) in [5.41, 5.74) is 0. The average Bonchev–Trinajstić information content (AvgIpc) is 1.89. The first-order chi connectivity index (χ1) is 5.70. The maximum absolute atomic E-state index is 13.3. The highest BCUT2D eigenvalue weighted by Gasteiger charge is 2.46. The number of hydrogen-bond donors (Lipinski definition) is 1. The molecule has 1 aliphatic heterocycles. The molecule has 0 spiro atoms. The van der Waals surface area contributed by atoms with E-state index >= 15 is 0 Å². The Balaban J connectivity index is 2.00. The third-order valence-corrected chi connectivity index (χ3v) is 3.25. The molecule has 1 heterocycles. The second kappa shape index (κ2) is 2.95. The first-order valence-corrected chi connectivity index (χ1v) is 4.79. The number of piperidine rings is 1. The summed E-state index contributed by atoms with van der Waals surface area (Å²) in [6.07, 6.45) is 3.88. The molecule has 70 valence electrons. The minimum atomic E-state index is -2.44. The van der Waals surface area contributed by atoms with Gasteiger partial charge in [-0.1, -0.05) is 6.42 Å². The SMILES string of the molecule is FC1(F)CNCCC1C1CCC1. The van der Waals surface area contributed by atoms with Gasteiger partial charge in [-0.25, -0.2) is 8.78 Å². The lowest BCUT2D eigenvalue weighted by Crippen LogP contribution is -2.49. The van der Waals surface area contributed by atoms with Crippen LogP contribution in [0.4, 0.5) is 8.78 Å². The summed E-state index contributed by atoms with van der Waals surface area (Å²) in [6.45, 7) is 0.672. The molecule has 0 bridgehead atoms. The van der Waals surface area contributed by atoms with Crippen LogP contribution in [-0.2, 0) is 0 Å². The van der Waals surface area contributed by atoms with E-state index in [1.54, 1.807) is 0 Å². The van der Waals surface area contributed by atoms with Crippen molar-refractivity contribution in [3.05, 3.63) is 0 Å². The molecule has 1 unspecified atom stereocenters. The van der Waals surface area contributed by atoms with Gasteiger partial charge in [0.15, 0.2) is 0 Å². The highest BCUT2D eigenvalue weighted by Crippen LogP contribution is 2.43. The lowest BCUT2D eigenvalue weighted by molar-refractivity contribution is -0.107. The van der Waals surface area contributed by atoms with Crippen molar-refractivity contribution >= 4 is 0 Å². The molecule has 1 atom stereocenters. The molecule has 0 aromatic carbocycles. The fourth-order valence-corrected chi connectivity index (χ4v) is 2.28. The number of hydrogen-bond acceptors (Lipinski definition) is 1. The number of alkyl halides is 2. The minimum absolute atomic E-state index is 0.103. The van der Waals surface area contributed by atoms with E-state index in [-0.39, 0.29) is 12.5 Å². The van der Waals surface area contributed by atoms with Crippen LogP contribution in [0, 0.1) is 11.8 Å². The van der Waals surface area contributed by atoms with Gasteiger partial charge < -0.3 is 5.32 Å². The lowest BCUT2D eigenvalue weighted by Gasteiger charge is -2.41. The van der Waals surface area contributed by atoms with E-state index in [0.717, 1.165) is 25.8 Å². The van der Waals surface area contributed by atoms with E-state index in [4.69, 9.17) is 0 Å². The molecule has 2 rings (SSSR count). The normalized spacial score (nSPS) is 36.0. The van der Waals surface area contributed by atoms with Gasteiger partial charge in [-0.15, -0.1) is 0 Å². The highest BCUT2D eigenvalue weighted by atomic mass is 19.3. The first-order valence-electron chi connectivity index (χ1n) is 4.79. The summed E-state index contributed by atoms with van der Waals surface area (Å²) >= 11 is 0. The van der Waals surface area contributed by atoms with Crippen LogP contribution in [0.2, 0.25) is 0 Å². The largest absolute Gasteiger partial charge is 0.311 e. The molecule has 2 fully saturated rings. The van der Waals surface area contributed by atoms with E-state index < -0.39 is 5.92 Å². The van der Waals surface area contributed by atoms with E-state index in [1.165, 1.54) is 0 Å². The molecule has 1 N–H and O–H groups in total. The zero-order valence-electron chi connectivity index (χ0n) is 7.15. The van der Waals surface area contributed by atoms with Crippen molar-refractivity contribution in [3.63, 3.8) is 0 Å². The lowest BCUT2D eigenvalue weighted by atomic mass is 9.71. The zero-order chi connectivity index (χ0) is 8.60. The Bertz CT molecular complexity index is 166. The van der Waals surface area contributed by atoms with Gasteiger partial charge in [0, 0.05) is 5.92 Å². The third kappa shape index (κ3) is 1.35. The van der Waals surface area contributed by atoms with E-state index in [1.807, 2.05) is 0 Å². The molecule has 12 heavy (non-hydrogen) atoms. The Morgan fingerprint density at radius 2 is 1.92 bits per heavy atom. The van der Waals surface area contributed by atoms with Crippen molar-refractivity contribution < 1.29 is 8.78 Å². The molecule has 2 aliphatic rings. The molecule has 0 amide bonds. The summed E-state index contributed by atoms with van der Waals surface area (Å²) in [6, 6.07) is 0. The summed E-state index contributed by atoms with van der Waals surface area (Å²) in [7, 11) is 0. The van der Waals surface area contributed by atoms with Gasteiger partial charge in [0.1, 0.15) is 0 Å². The molecule has 0 radical (unpaired) electrons. The van der Waals surface area contributed by atoms with Crippen molar-refractivity contribution in [2.75, 3.05) is 13.1 Å². The summed E-state index contributed by atoms with van der Waals surface area (Å²) < 4.78 is 26.6. The summed E-state index contributed by atoms with van der Waals surface area (Å²) in [5, 5.41) is 2.76. The highest BCUT2D eigenvalue weighted by molar-refractivity contribution is 4.91. The molecular weight excluding hydrogens is 160 g/mol. The Morgan fingerprint density at radius 1 is 1.17 bits per heavy atom. The Hall–Kier alpha value is -0.180. The van der Waals surface area contributed by atoms with Crippen LogP contribution in [0.1, 0.15) is 25.7 Å². The number of nitrogens with one attached hydrogen (secondary N) is 1. The molecule has 1 saturated carbocycles. The van der Waals surface area contributed by atoms with Crippen LogP contribution in [-0.4, -0.2) is 19.0 Å². The van der Waals surface area contributed by atoms with Crippen LogP contribution in [0.5, 0.6) is 0 Å². The van der Waals surface area contributed by atoms with E-state index in [9.17, 15) is 8.78 Å². The molecule has 1 nitrogen and oxygen atoms in total. The first kappa shape index (κ1) is 8.42. The van der Waals surface area contributed by atoms with Crippen LogP contribution in [0.25, 0.3) is 0 Å². The van der Waals surface area contributed by atoms with Gasteiger partial charge in [-0.05, 0) is 31.7 Å². The van der Waals surface area contributed by atoms with Crippen molar-refractivity contribution in [1.82, 2.24) is 5.32 Å². The summed E-state index contributed by atoms with van der Waals surface area (Å²) in [4.78, 5) is 0. The van der Waals surface area contributed by atoms with Crippen LogP contribution in [0.15, 0.2) is 0 Å². The maximum atomic E-state index is 13.3. The van der Waals surface area contributed by atoms with Crippen LogP contribution < -0.4 is 5.32 Å². The smallest absolute Gasteiger partial charge is 0.263 e. The molecule has 1 aliphatic carbocycles. The second-order valence-electron chi connectivity index (χ2n) is 4.02. The predicted octanol–water partition coefficient (Wildman–Crippen LogP) is 2.03. The van der Waals surface area contributed by atoms with Gasteiger partial charge in [0.25, 0.3) is 5.92 Å². The van der Waals surface area contributed by atoms with Gasteiger partial charge in [-0.3, -0.25) is 0 Å². The van der Waals surface area contributed by atoms with Gasteiger partial charge in [0.2, 0.25) is 0 Å². The van der Waals surface area contributed by atoms with E-state index in [0.29, 0.717) is 12.3 Å². The topological polar surface area (TPSA) is 12.0 Å². The Labute approximate surface area is 71.5 Å². The van der Waals surface area contributed by atoms with Crippen molar-refractivity contribution in [2.45, 2.75) is 31.6 Å². The molecule has 0 aromatic rings. The predicted molar refractivity (Wildman–Crippen MR) is 43.3 cm³/mol. The van der Waals surface area contributed by atoms with Crippen molar-refractivity contribution in [1.29, 1.82) is 0 Å². The van der Waals surface area contributed by atoms with Gasteiger partial charge >= 0.3 is 0 Å². The van der Waals surface area contributed by atoms with Gasteiger partial charge in [-0.2, -0.15) is 0 Å². The third-order valence-electron chi connectivity index (χ3n) is 3.25. The van der Waals surface area contributed by atoms with Crippen molar-refractivity contribution in [2.24, 2.45) is 11.8 Å². The summed E-state index contributed by atoms with van der Waals surface area (Å²) in [5.74, 6) is -2.45. The molecule has 3 heteroatoms. The quantitative estimate of drug-likeness (QED) is 0.643.